The standard InChI is InChI=1S/C21H33N3O2.ClH/c25-19(23-15-3-1-4-16(23)8-7-15)13-21(11-12-22-14-21)20(26)24-17-5-2-6-18(24)10-9-17;/h15-18,22H,1-14H2;1H. The summed E-state index contributed by atoms with van der Waals surface area (Å²) in [5.74, 6) is 0.561. The van der Waals surface area contributed by atoms with Crippen LogP contribution in [0.25, 0.3) is 0 Å². The fourth-order valence-corrected chi connectivity index (χ4v) is 6.78. The summed E-state index contributed by atoms with van der Waals surface area (Å²) in [5.41, 5.74) is -0.480. The number of rotatable bonds is 3. The molecule has 4 bridgehead atoms. The maximum absolute atomic E-state index is 13.7. The van der Waals surface area contributed by atoms with Crippen LogP contribution in [-0.2, 0) is 9.59 Å². The van der Waals surface area contributed by atoms with Gasteiger partial charge in [0.05, 0.1) is 5.41 Å². The topological polar surface area (TPSA) is 52.7 Å². The monoisotopic (exact) mass is 395 g/mol. The third kappa shape index (κ3) is 3.19. The Morgan fingerprint density at radius 1 is 0.815 bits per heavy atom. The lowest BCUT2D eigenvalue weighted by molar-refractivity contribution is -0.152. The van der Waals surface area contributed by atoms with E-state index in [1.165, 1.54) is 38.5 Å². The fourth-order valence-electron chi connectivity index (χ4n) is 6.78. The molecular weight excluding hydrogens is 362 g/mol. The zero-order valence-corrected chi connectivity index (χ0v) is 17.1. The molecule has 0 aromatic heterocycles. The lowest BCUT2D eigenvalue weighted by atomic mass is 9.80. The van der Waals surface area contributed by atoms with Crippen LogP contribution in [0.15, 0.2) is 0 Å². The van der Waals surface area contributed by atoms with Gasteiger partial charge in [0.1, 0.15) is 0 Å². The van der Waals surface area contributed by atoms with E-state index in [1.807, 2.05) is 0 Å². The Balaban J connectivity index is 0.00000180. The molecule has 152 valence electrons. The Labute approximate surface area is 169 Å². The molecule has 5 saturated heterocycles. The zero-order chi connectivity index (χ0) is 17.7. The summed E-state index contributed by atoms with van der Waals surface area (Å²) in [6, 6.07) is 1.79. The van der Waals surface area contributed by atoms with E-state index in [-0.39, 0.29) is 18.3 Å². The molecular formula is C21H34ClN3O2. The van der Waals surface area contributed by atoms with Crippen molar-refractivity contribution in [2.24, 2.45) is 5.41 Å². The van der Waals surface area contributed by atoms with Crippen molar-refractivity contribution in [3.63, 3.8) is 0 Å². The lowest BCUT2D eigenvalue weighted by Gasteiger charge is -2.42. The van der Waals surface area contributed by atoms with Gasteiger partial charge in [-0.15, -0.1) is 12.4 Å². The van der Waals surface area contributed by atoms with E-state index in [0.29, 0.717) is 43.0 Å². The van der Waals surface area contributed by atoms with Crippen LogP contribution >= 0.6 is 12.4 Å². The molecule has 5 aliphatic rings. The van der Waals surface area contributed by atoms with Crippen molar-refractivity contribution in [1.29, 1.82) is 0 Å². The van der Waals surface area contributed by atoms with Crippen LogP contribution in [0.3, 0.4) is 0 Å². The van der Waals surface area contributed by atoms with Gasteiger partial charge in [0.25, 0.3) is 0 Å². The van der Waals surface area contributed by atoms with E-state index in [2.05, 4.69) is 15.1 Å². The molecule has 5 fully saturated rings. The Kier molecular flexibility index (Phi) is 5.45. The van der Waals surface area contributed by atoms with Crippen molar-refractivity contribution in [3.05, 3.63) is 0 Å². The quantitative estimate of drug-likeness (QED) is 0.799. The molecule has 5 atom stereocenters. The second-order valence-electron chi connectivity index (χ2n) is 9.53. The minimum absolute atomic E-state index is 0. The zero-order valence-electron chi connectivity index (χ0n) is 16.3. The van der Waals surface area contributed by atoms with E-state index in [1.54, 1.807) is 0 Å². The van der Waals surface area contributed by atoms with E-state index < -0.39 is 5.41 Å². The maximum Gasteiger partial charge on any atom is 0.231 e. The summed E-state index contributed by atoms with van der Waals surface area (Å²) in [7, 11) is 0. The summed E-state index contributed by atoms with van der Waals surface area (Å²) in [4.78, 5) is 31.4. The van der Waals surface area contributed by atoms with Gasteiger partial charge in [0, 0.05) is 37.1 Å². The van der Waals surface area contributed by atoms with Crippen molar-refractivity contribution >= 4 is 24.2 Å². The molecule has 5 rings (SSSR count). The first-order chi connectivity index (χ1) is 12.7. The second kappa shape index (κ2) is 7.55. The van der Waals surface area contributed by atoms with Gasteiger partial charge in [-0.3, -0.25) is 9.59 Å². The smallest absolute Gasteiger partial charge is 0.231 e. The highest BCUT2D eigenvalue weighted by Crippen LogP contribution is 2.43. The van der Waals surface area contributed by atoms with Crippen molar-refractivity contribution in [2.75, 3.05) is 13.1 Å². The number of carbonyl (C=O) groups excluding carboxylic acids is 2. The van der Waals surface area contributed by atoms with E-state index >= 15 is 0 Å². The van der Waals surface area contributed by atoms with Crippen molar-refractivity contribution < 1.29 is 9.59 Å². The Hall–Kier alpha value is -0.810. The highest BCUT2D eigenvalue weighted by molar-refractivity contribution is 5.90. The first-order valence-corrected chi connectivity index (χ1v) is 11.0. The normalized spacial score (nSPS) is 40.1. The minimum Gasteiger partial charge on any atom is -0.337 e. The molecule has 2 amide bonds. The van der Waals surface area contributed by atoms with Gasteiger partial charge in [-0.25, -0.2) is 0 Å². The number of nitrogens with zero attached hydrogens (tertiary/aromatic N) is 2. The number of hydrogen-bond donors (Lipinski definition) is 1. The molecule has 6 heteroatoms. The third-order valence-corrected chi connectivity index (χ3v) is 8.10. The molecule has 5 aliphatic heterocycles. The van der Waals surface area contributed by atoms with Crippen molar-refractivity contribution in [1.82, 2.24) is 15.1 Å². The summed E-state index contributed by atoms with van der Waals surface area (Å²) in [6.07, 6.45) is 13.1. The average Bonchev–Trinajstić information content (AvgIpc) is 3.28. The van der Waals surface area contributed by atoms with Crippen LogP contribution in [0.4, 0.5) is 0 Å². The van der Waals surface area contributed by atoms with Gasteiger partial charge in [-0.2, -0.15) is 0 Å². The highest BCUT2D eigenvalue weighted by Gasteiger charge is 2.52. The number of carbonyl (C=O) groups is 2. The number of piperidine rings is 2. The van der Waals surface area contributed by atoms with Crippen molar-refractivity contribution in [2.45, 2.75) is 101 Å². The van der Waals surface area contributed by atoms with Crippen LogP contribution in [0, 0.1) is 5.41 Å². The molecule has 0 aromatic carbocycles. The molecule has 27 heavy (non-hydrogen) atoms. The molecule has 5 unspecified atom stereocenters. The predicted octanol–water partition coefficient (Wildman–Crippen LogP) is 2.87. The molecule has 0 radical (unpaired) electrons. The van der Waals surface area contributed by atoms with Gasteiger partial charge in [0.2, 0.25) is 11.8 Å². The second-order valence-corrected chi connectivity index (χ2v) is 9.53. The summed E-state index contributed by atoms with van der Waals surface area (Å²) >= 11 is 0. The summed E-state index contributed by atoms with van der Waals surface area (Å²) in [6.45, 7) is 1.56. The molecule has 1 N–H and O–H groups in total. The van der Waals surface area contributed by atoms with Gasteiger partial charge < -0.3 is 15.1 Å². The first kappa shape index (κ1) is 19.5. The largest absolute Gasteiger partial charge is 0.337 e. The Bertz CT molecular complexity index is 560. The minimum atomic E-state index is -0.480. The van der Waals surface area contributed by atoms with Crippen LogP contribution in [0.5, 0.6) is 0 Å². The fraction of sp³-hybridized carbons (Fsp3) is 0.905. The predicted molar refractivity (Wildman–Crippen MR) is 107 cm³/mol. The van der Waals surface area contributed by atoms with Crippen LogP contribution < -0.4 is 5.32 Å². The number of hydrogen-bond acceptors (Lipinski definition) is 3. The molecule has 5 heterocycles. The lowest BCUT2D eigenvalue weighted by Crippen LogP contribution is -2.54. The molecule has 0 saturated carbocycles. The third-order valence-electron chi connectivity index (χ3n) is 8.10. The number of amides is 2. The van der Waals surface area contributed by atoms with Gasteiger partial charge in [-0.1, -0.05) is 0 Å². The summed E-state index contributed by atoms with van der Waals surface area (Å²) in [5, 5.41) is 3.41. The highest BCUT2D eigenvalue weighted by atomic mass is 35.5. The Morgan fingerprint density at radius 2 is 1.33 bits per heavy atom. The number of halogens is 1. The average molecular weight is 396 g/mol. The molecule has 5 nitrogen and oxygen atoms in total. The molecule has 0 spiro atoms. The van der Waals surface area contributed by atoms with E-state index in [9.17, 15) is 9.59 Å². The van der Waals surface area contributed by atoms with Crippen LogP contribution in [0.2, 0.25) is 0 Å². The van der Waals surface area contributed by atoms with E-state index in [4.69, 9.17) is 0 Å². The Morgan fingerprint density at radius 3 is 1.81 bits per heavy atom. The number of fused-ring (bicyclic) bond motifs is 4. The SMILES string of the molecule is Cl.O=C(CC1(C(=O)N2C3CCCC2CC3)CCNC1)N1C2CCCC1CC2. The number of nitrogens with one attached hydrogen (secondary N) is 1. The van der Waals surface area contributed by atoms with Crippen LogP contribution in [-0.4, -0.2) is 58.9 Å². The van der Waals surface area contributed by atoms with E-state index in [0.717, 1.165) is 38.6 Å². The molecule has 0 aromatic rings. The first-order valence-electron chi connectivity index (χ1n) is 11.0. The molecule has 0 aliphatic carbocycles. The summed E-state index contributed by atoms with van der Waals surface area (Å²) < 4.78 is 0. The van der Waals surface area contributed by atoms with Gasteiger partial charge in [0.15, 0.2) is 0 Å². The van der Waals surface area contributed by atoms with Crippen LogP contribution in [0.1, 0.15) is 77.0 Å². The maximum atomic E-state index is 13.7. The van der Waals surface area contributed by atoms with Gasteiger partial charge in [-0.05, 0) is 77.2 Å². The van der Waals surface area contributed by atoms with Crippen molar-refractivity contribution in [3.8, 4) is 0 Å². The van der Waals surface area contributed by atoms with Gasteiger partial charge >= 0.3 is 0 Å².